The summed E-state index contributed by atoms with van der Waals surface area (Å²) in [7, 11) is 0. The molecule has 0 fully saturated rings. The Morgan fingerprint density at radius 3 is 2.28 bits per heavy atom. The Morgan fingerprint density at radius 2 is 1.89 bits per heavy atom. The van der Waals surface area contributed by atoms with Crippen molar-refractivity contribution in [1.82, 2.24) is 4.98 Å². The molecule has 8 heteroatoms. The lowest BCUT2D eigenvalue weighted by Crippen LogP contribution is -2.13. The monoisotopic (exact) mass is 261 g/mol. The lowest BCUT2D eigenvalue weighted by atomic mass is 10.0. The number of alkyl halides is 5. The topological polar surface area (TPSA) is 60.5 Å². The first-order chi connectivity index (χ1) is 8.31. The van der Waals surface area contributed by atoms with Gasteiger partial charge >= 0.3 is 6.18 Å². The van der Waals surface area contributed by atoms with Gasteiger partial charge in [0.25, 0.3) is 6.43 Å². The first-order valence-electron chi connectivity index (χ1n) is 4.47. The zero-order valence-electron chi connectivity index (χ0n) is 8.59. The molecule has 0 unspecified atom stereocenters. The Labute approximate surface area is 98.1 Å². The van der Waals surface area contributed by atoms with E-state index < -0.39 is 41.5 Å². The number of nitriles is 2. The molecule has 0 amide bonds. The number of halogens is 5. The summed E-state index contributed by atoms with van der Waals surface area (Å²) in [5.41, 5.74) is -3.93. The van der Waals surface area contributed by atoms with Crippen LogP contribution in [0.4, 0.5) is 22.0 Å². The molecule has 0 saturated carbocycles. The van der Waals surface area contributed by atoms with Crippen molar-refractivity contribution in [3.05, 3.63) is 28.6 Å². The number of nitrogens with zero attached hydrogens (tertiary/aromatic N) is 3. The second kappa shape index (κ2) is 4.96. The number of pyridine rings is 1. The summed E-state index contributed by atoms with van der Waals surface area (Å²) in [6.07, 6.45) is -8.76. The Hall–Kier alpha value is -2.22. The molecule has 1 aromatic heterocycles. The van der Waals surface area contributed by atoms with Gasteiger partial charge in [-0.15, -0.1) is 0 Å². The van der Waals surface area contributed by atoms with Gasteiger partial charge in [0.2, 0.25) is 0 Å². The van der Waals surface area contributed by atoms with Gasteiger partial charge in [0.05, 0.1) is 35.4 Å². The van der Waals surface area contributed by atoms with Gasteiger partial charge in [-0.25, -0.2) is 13.8 Å². The summed E-state index contributed by atoms with van der Waals surface area (Å²) in [5, 5.41) is 17.0. The largest absolute Gasteiger partial charge is 0.433 e. The van der Waals surface area contributed by atoms with Gasteiger partial charge in [0.15, 0.2) is 0 Å². The smallest absolute Gasteiger partial charge is 0.247 e. The maximum absolute atomic E-state index is 12.6. The molecule has 0 spiro atoms. The highest BCUT2D eigenvalue weighted by Crippen LogP contribution is 2.33. The van der Waals surface area contributed by atoms with Crippen LogP contribution < -0.4 is 0 Å². The van der Waals surface area contributed by atoms with E-state index in [-0.39, 0.29) is 6.07 Å². The van der Waals surface area contributed by atoms with Crippen molar-refractivity contribution < 1.29 is 22.0 Å². The molecule has 1 rings (SSSR count). The zero-order valence-corrected chi connectivity index (χ0v) is 8.59. The molecule has 94 valence electrons. The fourth-order valence-electron chi connectivity index (χ4n) is 1.30. The number of hydrogen-bond acceptors (Lipinski definition) is 3. The molecule has 0 N–H and O–H groups in total. The maximum Gasteiger partial charge on any atom is 0.433 e. The van der Waals surface area contributed by atoms with Gasteiger partial charge in [-0.3, -0.25) is 0 Å². The Balaban J connectivity index is 3.56. The third-order valence-electron chi connectivity index (χ3n) is 2.01. The minimum Gasteiger partial charge on any atom is -0.247 e. The van der Waals surface area contributed by atoms with Crippen LogP contribution in [0.25, 0.3) is 0 Å². The van der Waals surface area contributed by atoms with Crippen molar-refractivity contribution in [2.75, 3.05) is 0 Å². The summed E-state index contributed by atoms with van der Waals surface area (Å²) >= 11 is 0. The summed E-state index contributed by atoms with van der Waals surface area (Å²) in [5.74, 6) is 0. The molecule has 0 radical (unpaired) electrons. The first kappa shape index (κ1) is 13.8. The van der Waals surface area contributed by atoms with E-state index in [9.17, 15) is 22.0 Å². The van der Waals surface area contributed by atoms with Crippen molar-refractivity contribution in [3.63, 3.8) is 0 Å². The van der Waals surface area contributed by atoms with E-state index in [0.29, 0.717) is 0 Å². The lowest BCUT2D eigenvalue weighted by molar-refractivity contribution is -0.141. The number of aromatic nitrogens is 1. The van der Waals surface area contributed by atoms with E-state index >= 15 is 0 Å². The van der Waals surface area contributed by atoms with Gasteiger partial charge in [0, 0.05) is 0 Å². The minimum atomic E-state index is -4.86. The van der Waals surface area contributed by atoms with Crippen LogP contribution in [0.3, 0.4) is 0 Å². The molecule has 18 heavy (non-hydrogen) atoms. The van der Waals surface area contributed by atoms with Gasteiger partial charge in [-0.2, -0.15) is 23.7 Å². The molecule has 0 aromatic carbocycles. The van der Waals surface area contributed by atoms with Gasteiger partial charge in [0.1, 0.15) is 5.69 Å². The molecule has 0 atom stereocenters. The van der Waals surface area contributed by atoms with Crippen LogP contribution >= 0.6 is 0 Å². The molecule has 0 aliphatic heterocycles. The molecular formula is C10H4F5N3. The summed E-state index contributed by atoms with van der Waals surface area (Å²) in [4.78, 5) is 2.98. The van der Waals surface area contributed by atoms with Gasteiger partial charge < -0.3 is 0 Å². The number of hydrogen-bond donors (Lipinski definition) is 0. The predicted molar refractivity (Wildman–Crippen MR) is 48.2 cm³/mol. The predicted octanol–water partition coefficient (Wildman–Crippen LogP) is 2.98. The van der Waals surface area contributed by atoms with Crippen molar-refractivity contribution in [2.45, 2.75) is 19.0 Å². The molecule has 1 heterocycles. The standard InChI is InChI=1S/C10H4F5N3/c11-9(12)8-5(4-17)3-7(10(13,14)15)18-6(8)1-2-16/h3,9H,1H2. The quantitative estimate of drug-likeness (QED) is 0.769. The summed E-state index contributed by atoms with van der Waals surface area (Å²) in [6.45, 7) is 0. The van der Waals surface area contributed by atoms with E-state index in [0.717, 1.165) is 0 Å². The van der Waals surface area contributed by atoms with E-state index in [1.165, 1.54) is 12.1 Å². The van der Waals surface area contributed by atoms with Gasteiger partial charge in [-0.05, 0) is 6.07 Å². The van der Waals surface area contributed by atoms with Crippen LogP contribution in [0, 0.1) is 22.7 Å². The second-order valence-corrected chi connectivity index (χ2v) is 3.16. The van der Waals surface area contributed by atoms with E-state index in [1.807, 2.05) is 0 Å². The van der Waals surface area contributed by atoms with Crippen LogP contribution in [0.2, 0.25) is 0 Å². The minimum absolute atomic E-state index is 0.252. The highest BCUT2D eigenvalue weighted by molar-refractivity contribution is 5.43. The Kier molecular flexibility index (Phi) is 3.82. The van der Waals surface area contributed by atoms with Crippen molar-refractivity contribution in [3.8, 4) is 12.1 Å². The van der Waals surface area contributed by atoms with Crippen LogP contribution in [0.1, 0.15) is 28.9 Å². The molecule has 0 saturated heterocycles. The molecule has 0 bridgehead atoms. The zero-order chi connectivity index (χ0) is 13.9. The lowest BCUT2D eigenvalue weighted by Gasteiger charge is -2.12. The van der Waals surface area contributed by atoms with Crippen molar-refractivity contribution in [2.24, 2.45) is 0 Å². The van der Waals surface area contributed by atoms with E-state index in [4.69, 9.17) is 10.5 Å². The molecule has 1 aromatic rings. The van der Waals surface area contributed by atoms with E-state index in [1.54, 1.807) is 0 Å². The average molecular weight is 261 g/mol. The summed E-state index contributed by atoms with van der Waals surface area (Å²) in [6, 6.07) is 2.95. The summed E-state index contributed by atoms with van der Waals surface area (Å²) < 4.78 is 62.5. The third kappa shape index (κ3) is 2.72. The van der Waals surface area contributed by atoms with Crippen LogP contribution in [-0.4, -0.2) is 4.98 Å². The first-order valence-corrected chi connectivity index (χ1v) is 4.47. The Morgan fingerprint density at radius 1 is 1.28 bits per heavy atom. The van der Waals surface area contributed by atoms with Crippen molar-refractivity contribution in [1.29, 1.82) is 10.5 Å². The molecule has 0 aliphatic carbocycles. The van der Waals surface area contributed by atoms with Crippen LogP contribution in [0.15, 0.2) is 6.07 Å². The fourth-order valence-corrected chi connectivity index (χ4v) is 1.30. The second-order valence-electron chi connectivity index (χ2n) is 3.16. The highest BCUT2D eigenvalue weighted by atomic mass is 19.4. The third-order valence-corrected chi connectivity index (χ3v) is 2.01. The average Bonchev–Trinajstić information content (AvgIpc) is 2.26. The van der Waals surface area contributed by atoms with Crippen LogP contribution in [0.5, 0.6) is 0 Å². The van der Waals surface area contributed by atoms with Gasteiger partial charge in [-0.1, -0.05) is 0 Å². The normalized spacial score (nSPS) is 11.1. The highest BCUT2D eigenvalue weighted by Gasteiger charge is 2.35. The van der Waals surface area contributed by atoms with Crippen LogP contribution in [-0.2, 0) is 12.6 Å². The molecule has 3 nitrogen and oxygen atoms in total. The van der Waals surface area contributed by atoms with Crippen molar-refractivity contribution >= 4 is 0 Å². The molecular weight excluding hydrogens is 257 g/mol. The van der Waals surface area contributed by atoms with E-state index in [2.05, 4.69) is 4.98 Å². The number of rotatable bonds is 2. The fraction of sp³-hybridized carbons (Fsp3) is 0.300. The SMILES string of the molecule is N#CCc1nc(C(F)(F)F)cc(C#N)c1C(F)F. The molecule has 0 aliphatic rings. The maximum atomic E-state index is 12.6. The Bertz CT molecular complexity index is 536.